The van der Waals surface area contributed by atoms with Gasteiger partial charge in [-0.05, 0) is 43.9 Å². The summed E-state index contributed by atoms with van der Waals surface area (Å²) in [6.07, 6.45) is 6.95. The molecule has 4 atom stereocenters. The summed E-state index contributed by atoms with van der Waals surface area (Å²) >= 11 is 0. The number of fused-ring (bicyclic) bond motifs is 2. The van der Waals surface area contributed by atoms with Crippen LogP contribution < -0.4 is 0 Å². The van der Waals surface area contributed by atoms with Gasteiger partial charge in [0.2, 0.25) is 0 Å². The molecule has 0 aromatic carbocycles. The van der Waals surface area contributed by atoms with Crippen molar-refractivity contribution in [2.24, 2.45) is 11.8 Å². The van der Waals surface area contributed by atoms with Crippen LogP contribution in [0.3, 0.4) is 0 Å². The number of aliphatic carboxylic acids is 1. The van der Waals surface area contributed by atoms with Crippen molar-refractivity contribution >= 4 is 5.97 Å². The number of hydrogen-bond donors (Lipinski definition) is 2. The summed E-state index contributed by atoms with van der Waals surface area (Å²) in [7, 11) is 0. The minimum absolute atomic E-state index is 0.204. The molecule has 2 aliphatic rings. The molecule has 0 aliphatic carbocycles. The van der Waals surface area contributed by atoms with Gasteiger partial charge in [-0.3, -0.25) is 0 Å². The third-order valence-corrected chi connectivity index (χ3v) is 4.35. The van der Waals surface area contributed by atoms with Gasteiger partial charge in [0.15, 0.2) is 0 Å². The van der Waals surface area contributed by atoms with Crippen LogP contribution in [0.15, 0.2) is 0 Å². The molecule has 0 amide bonds. The molecule has 0 unspecified atom stereocenters. The van der Waals surface area contributed by atoms with Crippen molar-refractivity contribution < 1.29 is 24.5 Å². The molecule has 2 fully saturated rings. The van der Waals surface area contributed by atoms with E-state index < -0.39 is 5.97 Å². The van der Waals surface area contributed by atoms with E-state index in [-0.39, 0.29) is 13.2 Å². The lowest BCUT2D eigenvalue weighted by Crippen LogP contribution is -2.28. The van der Waals surface area contributed by atoms with Crippen LogP contribution in [-0.2, 0) is 14.3 Å². The Morgan fingerprint density at radius 1 is 1.16 bits per heavy atom. The van der Waals surface area contributed by atoms with E-state index in [0.717, 1.165) is 38.5 Å². The Morgan fingerprint density at radius 2 is 1.84 bits per heavy atom. The summed E-state index contributed by atoms with van der Waals surface area (Å²) in [6.45, 7) is 0.554. The lowest BCUT2D eigenvalue weighted by atomic mass is 9.75. The molecule has 110 valence electrons. The third kappa shape index (κ3) is 3.91. The molecule has 2 rings (SSSR count). The Labute approximate surface area is 113 Å². The Bertz CT molecular complexity index is 294. The maximum atomic E-state index is 10.3. The van der Waals surface area contributed by atoms with E-state index in [4.69, 9.17) is 19.7 Å². The SMILES string of the molecule is O=C(O)COCCCC[C@@H]1[C@H](CCO)[C@@H]2CC[C@H]1O2. The molecule has 2 N–H and O–H groups in total. The number of hydrogen-bond acceptors (Lipinski definition) is 4. The van der Waals surface area contributed by atoms with E-state index in [1.54, 1.807) is 0 Å². The van der Waals surface area contributed by atoms with Crippen molar-refractivity contribution in [3.05, 3.63) is 0 Å². The highest BCUT2D eigenvalue weighted by Gasteiger charge is 2.47. The number of unbranched alkanes of at least 4 members (excludes halogenated alkanes) is 1. The Hall–Kier alpha value is -0.650. The Kier molecular flexibility index (Phi) is 5.60. The molecule has 5 heteroatoms. The number of carbonyl (C=O) groups is 1. The van der Waals surface area contributed by atoms with Crippen molar-refractivity contribution in [1.82, 2.24) is 0 Å². The van der Waals surface area contributed by atoms with Gasteiger partial charge < -0.3 is 19.7 Å². The highest BCUT2D eigenvalue weighted by Crippen LogP contribution is 2.46. The quantitative estimate of drug-likeness (QED) is 0.621. The van der Waals surface area contributed by atoms with Gasteiger partial charge in [-0.25, -0.2) is 4.79 Å². The average Bonchev–Trinajstić information content (AvgIpc) is 2.95. The van der Waals surface area contributed by atoms with Crippen LogP contribution in [0.25, 0.3) is 0 Å². The zero-order valence-corrected chi connectivity index (χ0v) is 11.3. The van der Waals surface area contributed by atoms with Gasteiger partial charge in [0, 0.05) is 13.2 Å². The first-order chi connectivity index (χ1) is 9.22. The molecule has 0 aromatic rings. The number of ether oxygens (including phenoxy) is 2. The molecule has 0 spiro atoms. The van der Waals surface area contributed by atoms with E-state index in [1.165, 1.54) is 0 Å². The number of aliphatic hydroxyl groups excluding tert-OH is 1. The molecule has 2 bridgehead atoms. The maximum Gasteiger partial charge on any atom is 0.329 e. The highest BCUT2D eigenvalue weighted by molar-refractivity contribution is 5.67. The summed E-state index contributed by atoms with van der Waals surface area (Å²) in [5.41, 5.74) is 0. The summed E-state index contributed by atoms with van der Waals surface area (Å²) in [4.78, 5) is 10.3. The number of carboxylic acids is 1. The second-order valence-electron chi connectivity index (χ2n) is 5.57. The minimum atomic E-state index is -0.912. The summed E-state index contributed by atoms with van der Waals surface area (Å²) in [5.74, 6) is 0.179. The lowest BCUT2D eigenvalue weighted by Gasteiger charge is -2.27. The van der Waals surface area contributed by atoms with E-state index in [1.807, 2.05) is 0 Å². The molecule has 0 radical (unpaired) electrons. The number of rotatable bonds is 9. The molecule has 2 saturated heterocycles. The maximum absolute atomic E-state index is 10.3. The average molecular weight is 272 g/mol. The van der Waals surface area contributed by atoms with Crippen LogP contribution in [0.5, 0.6) is 0 Å². The second kappa shape index (κ2) is 7.22. The molecule has 19 heavy (non-hydrogen) atoms. The normalized spacial score (nSPS) is 32.9. The van der Waals surface area contributed by atoms with E-state index in [9.17, 15) is 4.79 Å². The first kappa shape index (κ1) is 14.8. The van der Waals surface area contributed by atoms with Crippen LogP contribution in [0.2, 0.25) is 0 Å². The van der Waals surface area contributed by atoms with Crippen LogP contribution in [-0.4, -0.2) is 48.2 Å². The van der Waals surface area contributed by atoms with Crippen molar-refractivity contribution in [1.29, 1.82) is 0 Å². The minimum Gasteiger partial charge on any atom is -0.480 e. The van der Waals surface area contributed by atoms with Gasteiger partial charge in [0.05, 0.1) is 12.2 Å². The molecular formula is C14H24O5. The van der Waals surface area contributed by atoms with Gasteiger partial charge in [-0.15, -0.1) is 0 Å². The Morgan fingerprint density at radius 3 is 2.47 bits per heavy atom. The zero-order chi connectivity index (χ0) is 13.7. The predicted octanol–water partition coefficient (Wildman–Crippen LogP) is 1.43. The number of aliphatic hydroxyl groups is 1. The summed E-state index contributed by atoms with van der Waals surface area (Å²) < 4.78 is 11.0. The lowest BCUT2D eigenvalue weighted by molar-refractivity contribution is -0.142. The van der Waals surface area contributed by atoms with Crippen LogP contribution in [0.4, 0.5) is 0 Å². The highest BCUT2D eigenvalue weighted by atomic mass is 16.5. The molecular weight excluding hydrogens is 248 g/mol. The molecule has 0 saturated carbocycles. The van der Waals surface area contributed by atoms with E-state index in [2.05, 4.69) is 0 Å². The standard InChI is InChI=1S/C14H24O5/c15-7-6-11-10(12-4-5-13(11)19-12)3-1-2-8-18-9-14(16)17/h10-13,15H,1-9H2,(H,16,17)/t10-,11+,12-,13+/m1/s1. The third-order valence-electron chi connectivity index (χ3n) is 4.35. The second-order valence-corrected chi connectivity index (χ2v) is 5.57. The van der Waals surface area contributed by atoms with Crippen molar-refractivity contribution in [3.8, 4) is 0 Å². The fraction of sp³-hybridized carbons (Fsp3) is 0.929. The first-order valence-corrected chi connectivity index (χ1v) is 7.28. The van der Waals surface area contributed by atoms with Crippen molar-refractivity contribution in [3.63, 3.8) is 0 Å². The number of carboxylic acid groups (broad SMARTS) is 1. The molecule has 0 aromatic heterocycles. The van der Waals surface area contributed by atoms with E-state index >= 15 is 0 Å². The van der Waals surface area contributed by atoms with Crippen LogP contribution in [0, 0.1) is 11.8 Å². The smallest absolute Gasteiger partial charge is 0.329 e. The Balaban J connectivity index is 1.63. The fourth-order valence-corrected chi connectivity index (χ4v) is 3.56. The largest absolute Gasteiger partial charge is 0.480 e. The predicted molar refractivity (Wildman–Crippen MR) is 68.9 cm³/mol. The molecule has 2 aliphatic heterocycles. The van der Waals surface area contributed by atoms with E-state index in [0.29, 0.717) is 30.7 Å². The van der Waals surface area contributed by atoms with Gasteiger partial charge in [-0.2, -0.15) is 0 Å². The van der Waals surface area contributed by atoms with Gasteiger partial charge in [0.25, 0.3) is 0 Å². The zero-order valence-electron chi connectivity index (χ0n) is 11.3. The van der Waals surface area contributed by atoms with Gasteiger partial charge in [0.1, 0.15) is 6.61 Å². The van der Waals surface area contributed by atoms with Gasteiger partial charge in [-0.1, -0.05) is 6.42 Å². The summed E-state index contributed by atoms with van der Waals surface area (Å²) in [6, 6.07) is 0. The van der Waals surface area contributed by atoms with Crippen molar-refractivity contribution in [2.45, 2.75) is 50.7 Å². The topological polar surface area (TPSA) is 76.0 Å². The molecule has 2 heterocycles. The summed E-state index contributed by atoms with van der Waals surface area (Å²) in [5, 5.41) is 17.6. The monoisotopic (exact) mass is 272 g/mol. The van der Waals surface area contributed by atoms with Crippen molar-refractivity contribution in [2.75, 3.05) is 19.8 Å². The molecule has 5 nitrogen and oxygen atoms in total. The fourth-order valence-electron chi connectivity index (χ4n) is 3.56. The van der Waals surface area contributed by atoms with Crippen LogP contribution >= 0.6 is 0 Å². The first-order valence-electron chi connectivity index (χ1n) is 7.28. The van der Waals surface area contributed by atoms with Gasteiger partial charge >= 0.3 is 5.97 Å². The van der Waals surface area contributed by atoms with Crippen LogP contribution in [0.1, 0.15) is 38.5 Å².